The van der Waals surface area contributed by atoms with Gasteiger partial charge in [-0.3, -0.25) is 4.79 Å². The van der Waals surface area contributed by atoms with Crippen molar-refractivity contribution in [3.8, 4) is 0 Å². The van der Waals surface area contributed by atoms with Crippen molar-refractivity contribution in [1.82, 2.24) is 5.32 Å². The first kappa shape index (κ1) is 17.6. The Bertz CT molecular complexity index is 638. The third-order valence-corrected chi connectivity index (χ3v) is 4.85. The number of nitrogens with one attached hydrogen (secondary N) is 2. The summed E-state index contributed by atoms with van der Waals surface area (Å²) in [5.74, 6) is -0.605. The summed E-state index contributed by atoms with van der Waals surface area (Å²) in [5.41, 5.74) is 5.37. The number of nitrogens with two attached hydrogens (primary N) is 1. The van der Waals surface area contributed by atoms with Crippen LogP contribution in [0.2, 0.25) is 0 Å². The number of nitrogen functional groups attached to an aromatic ring is 1. The van der Waals surface area contributed by atoms with Gasteiger partial charge in [-0.15, -0.1) is 11.3 Å². The molecule has 0 aliphatic carbocycles. The van der Waals surface area contributed by atoms with Crippen LogP contribution in [0.4, 0.5) is 23.9 Å². The summed E-state index contributed by atoms with van der Waals surface area (Å²) in [5, 5.41) is 4.59. The van der Waals surface area contributed by atoms with Gasteiger partial charge in [0.25, 0.3) is 5.91 Å². The van der Waals surface area contributed by atoms with Crippen molar-refractivity contribution in [1.29, 1.82) is 0 Å². The molecule has 21 heavy (non-hydrogen) atoms. The van der Waals surface area contributed by atoms with Crippen molar-refractivity contribution in [3.63, 3.8) is 0 Å². The molecule has 1 heterocycles. The Morgan fingerprint density at radius 1 is 1.38 bits per heavy atom. The van der Waals surface area contributed by atoms with Gasteiger partial charge < -0.3 is 16.4 Å². The molecule has 0 unspecified atom stereocenters. The molecular weight excluding hydrogens is 331 g/mol. The van der Waals surface area contributed by atoms with Gasteiger partial charge in [0.1, 0.15) is 14.8 Å². The van der Waals surface area contributed by atoms with Crippen molar-refractivity contribution in [2.75, 3.05) is 30.9 Å². The summed E-state index contributed by atoms with van der Waals surface area (Å²) >= 11 is 0.702. The van der Waals surface area contributed by atoms with Gasteiger partial charge >= 0.3 is 6.18 Å². The summed E-state index contributed by atoms with van der Waals surface area (Å²) in [4.78, 5) is 11.2. The van der Waals surface area contributed by atoms with Gasteiger partial charge in [-0.05, 0) is 0 Å². The van der Waals surface area contributed by atoms with Crippen LogP contribution in [0, 0.1) is 0 Å². The average molecular weight is 345 g/mol. The maximum atomic E-state index is 12.1. The molecule has 11 heteroatoms. The number of thiophene rings is 1. The lowest BCUT2D eigenvalue weighted by Crippen LogP contribution is -2.18. The van der Waals surface area contributed by atoms with Crippen molar-refractivity contribution in [3.05, 3.63) is 4.88 Å². The number of hydrogen-bond acceptors (Lipinski definition) is 6. The SMILES string of the molecule is CNC(=O)c1sc(NCCC(F)(F)F)c(S(C)(=O)=O)c1N. The Balaban J connectivity index is 3.16. The highest BCUT2D eigenvalue weighted by atomic mass is 32.2. The number of rotatable bonds is 5. The summed E-state index contributed by atoms with van der Waals surface area (Å²) < 4.78 is 59.7. The molecule has 0 aromatic carbocycles. The van der Waals surface area contributed by atoms with E-state index in [4.69, 9.17) is 5.73 Å². The highest BCUT2D eigenvalue weighted by molar-refractivity contribution is 7.91. The predicted molar refractivity (Wildman–Crippen MR) is 74.4 cm³/mol. The molecule has 1 aromatic rings. The van der Waals surface area contributed by atoms with Crippen molar-refractivity contribution < 1.29 is 26.4 Å². The van der Waals surface area contributed by atoms with Gasteiger partial charge in [0.2, 0.25) is 0 Å². The van der Waals surface area contributed by atoms with Crippen LogP contribution < -0.4 is 16.4 Å². The minimum Gasteiger partial charge on any atom is -0.396 e. The molecular formula is C10H14F3N3O3S2. The van der Waals surface area contributed by atoms with Crippen LogP contribution in [-0.2, 0) is 9.84 Å². The van der Waals surface area contributed by atoms with Crippen LogP contribution in [-0.4, -0.2) is 40.3 Å². The standard InChI is InChI=1S/C10H14F3N3O3S2/c1-15-8(17)6-5(14)7(21(2,18)19)9(20-6)16-4-3-10(11,12)13/h16H,3-4,14H2,1-2H3,(H,15,17). The molecule has 0 radical (unpaired) electrons. The molecule has 0 bridgehead atoms. The van der Waals surface area contributed by atoms with Gasteiger partial charge in [0, 0.05) is 19.8 Å². The second-order valence-corrected chi connectivity index (χ2v) is 7.12. The lowest BCUT2D eigenvalue weighted by atomic mass is 10.3. The lowest BCUT2D eigenvalue weighted by molar-refractivity contribution is -0.131. The Hall–Kier alpha value is -1.49. The molecule has 0 fully saturated rings. The van der Waals surface area contributed by atoms with Crippen molar-refractivity contribution >= 4 is 37.8 Å². The lowest BCUT2D eigenvalue weighted by Gasteiger charge is -2.08. The second-order valence-electron chi connectivity index (χ2n) is 4.15. The summed E-state index contributed by atoms with van der Waals surface area (Å²) in [6.07, 6.45) is -4.64. The van der Waals surface area contributed by atoms with Crippen LogP contribution in [0.3, 0.4) is 0 Å². The van der Waals surface area contributed by atoms with Crippen LogP contribution in [0.15, 0.2) is 4.90 Å². The number of halogens is 3. The Kier molecular flexibility index (Phi) is 5.10. The van der Waals surface area contributed by atoms with E-state index in [2.05, 4.69) is 10.6 Å². The van der Waals surface area contributed by atoms with Gasteiger partial charge in [-0.2, -0.15) is 13.2 Å². The van der Waals surface area contributed by atoms with Crippen molar-refractivity contribution in [2.45, 2.75) is 17.5 Å². The van der Waals surface area contributed by atoms with E-state index < -0.39 is 34.9 Å². The van der Waals surface area contributed by atoms with E-state index in [1.165, 1.54) is 7.05 Å². The quantitative estimate of drug-likeness (QED) is 0.750. The first-order valence-corrected chi connectivity index (χ1v) is 8.33. The number of hydrogen-bond donors (Lipinski definition) is 3. The molecule has 0 saturated carbocycles. The number of anilines is 2. The summed E-state index contributed by atoms with van der Waals surface area (Å²) in [7, 11) is -2.46. The number of sulfone groups is 1. The van der Waals surface area contributed by atoms with Crippen LogP contribution in [0.25, 0.3) is 0 Å². The minimum atomic E-state index is -4.37. The average Bonchev–Trinajstić information content (AvgIpc) is 2.63. The molecule has 4 N–H and O–H groups in total. The van der Waals surface area contributed by atoms with Crippen LogP contribution >= 0.6 is 11.3 Å². The topological polar surface area (TPSA) is 101 Å². The zero-order valence-corrected chi connectivity index (χ0v) is 12.8. The van der Waals surface area contributed by atoms with Gasteiger partial charge in [-0.1, -0.05) is 0 Å². The van der Waals surface area contributed by atoms with Gasteiger partial charge in [-0.25, -0.2) is 8.42 Å². The zero-order valence-electron chi connectivity index (χ0n) is 11.2. The van der Waals surface area contributed by atoms with E-state index in [1.54, 1.807) is 0 Å². The third-order valence-electron chi connectivity index (χ3n) is 2.40. The number of amides is 1. The molecule has 0 saturated heterocycles. The van der Waals surface area contributed by atoms with Gasteiger partial charge in [0.15, 0.2) is 9.84 Å². The normalized spacial score (nSPS) is 12.2. The molecule has 1 amide bonds. The van der Waals surface area contributed by atoms with E-state index in [1.807, 2.05) is 0 Å². The smallest absolute Gasteiger partial charge is 0.390 e. The van der Waals surface area contributed by atoms with Crippen LogP contribution in [0.1, 0.15) is 16.1 Å². The number of carbonyl (C=O) groups excluding carboxylic acids is 1. The molecule has 0 atom stereocenters. The first-order chi connectivity index (χ1) is 9.47. The monoisotopic (exact) mass is 345 g/mol. The van der Waals surface area contributed by atoms with E-state index in [0.29, 0.717) is 11.3 Å². The minimum absolute atomic E-state index is 0.0626. The van der Waals surface area contributed by atoms with E-state index >= 15 is 0 Å². The maximum Gasteiger partial charge on any atom is 0.390 e. The molecule has 6 nitrogen and oxygen atoms in total. The number of alkyl halides is 3. The van der Waals surface area contributed by atoms with E-state index in [0.717, 1.165) is 6.26 Å². The molecule has 0 spiro atoms. The predicted octanol–water partition coefficient (Wildman–Crippen LogP) is 1.46. The Morgan fingerprint density at radius 2 is 1.95 bits per heavy atom. The first-order valence-electron chi connectivity index (χ1n) is 5.62. The fourth-order valence-corrected chi connectivity index (χ4v) is 4.06. The van der Waals surface area contributed by atoms with Crippen LogP contribution in [0.5, 0.6) is 0 Å². The van der Waals surface area contributed by atoms with E-state index in [-0.39, 0.29) is 20.5 Å². The Labute approximate surface area is 123 Å². The van der Waals surface area contributed by atoms with Gasteiger partial charge in [0.05, 0.1) is 12.1 Å². The fourth-order valence-electron chi connectivity index (χ4n) is 1.51. The molecule has 1 aromatic heterocycles. The highest BCUT2D eigenvalue weighted by Crippen LogP contribution is 2.39. The summed E-state index contributed by atoms with van der Waals surface area (Å²) in [6.45, 7) is -0.515. The highest BCUT2D eigenvalue weighted by Gasteiger charge is 2.29. The Morgan fingerprint density at radius 3 is 2.38 bits per heavy atom. The number of carbonyl (C=O) groups is 1. The zero-order chi connectivity index (χ0) is 16.4. The molecule has 0 aliphatic heterocycles. The molecule has 1 rings (SSSR count). The molecule has 120 valence electrons. The largest absolute Gasteiger partial charge is 0.396 e. The summed E-state index contributed by atoms with van der Waals surface area (Å²) in [6, 6.07) is 0. The molecule has 0 aliphatic rings. The maximum absolute atomic E-state index is 12.1. The third kappa shape index (κ3) is 4.49. The second kappa shape index (κ2) is 6.10. The van der Waals surface area contributed by atoms with E-state index in [9.17, 15) is 26.4 Å². The van der Waals surface area contributed by atoms with Crippen molar-refractivity contribution in [2.24, 2.45) is 0 Å². The fraction of sp³-hybridized carbons (Fsp3) is 0.500.